The first-order valence-corrected chi connectivity index (χ1v) is 18.6. The van der Waals surface area contributed by atoms with Gasteiger partial charge in [0.2, 0.25) is 0 Å². The van der Waals surface area contributed by atoms with Crippen LogP contribution in [0.2, 0.25) is 0 Å². The Kier molecular flexibility index (Phi) is 6.96. The lowest BCUT2D eigenvalue weighted by Crippen LogP contribution is -2.17. The lowest BCUT2D eigenvalue weighted by atomic mass is 9.82. The molecule has 0 unspecified atom stereocenters. The van der Waals surface area contributed by atoms with Crippen molar-refractivity contribution in [2.75, 3.05) is 4.90 Å². The number of benzene rings is 7. The molecule has 0 atom stereocenters. The summed E-state index contributed by atoms with van der Waals surface area (Å²) in [7, 11) is 0. The van der Waals surface area contributed by atoms with Crippen LogP contribution in [0.25, 0.3) is 55.0 Å². The molecule has 2 aliphatic rings. The van der Waals surface area contributed by atoms with Gasteiger partial charge in [-0.05, 0) is 75.7 Å². The van der Waals surface area contributed by atoms with Crippen LogP contribution < -0.4 is 4.90 Å². The number of furan rings is 1. The van der Waals surface area contributed by atoms with Gasteiger partial charge in [0, 0.05) is 32.8 Å². The molecule has 2 nitrogen and oxygen atoms in total. The number of anilines is 3. The largest absolute Gasteiger partial charge is 0.454 e. The fourth-order valence-electron chi connectivity index (χ4n) is 9.30. The van der Waals surface area contributed by atoms with Crippen molar-refractivity contribution < 1.29 is 4.42 Å². The molecule has 10 rings (SSSR count). The fourth-order valence-corrected chi connectivity index (χ4v) is 9.30. The summed E-state index contributed by atoms with van der Waals surface area (Å²) >= 11 is 0. The van der Waals surface area contributed by atoms with E-state index in [1.807, 2.05) is 0 Å². The van der Waals surface area contributed by atoms with Crippen LogP contribution in [0.4, 0.5) is 17.1 Å². The number of para-hydroxylation sites is 2. The van der Waals surface area contributed by atoms with Gasteiger partial charge in [0.15, 0.2) is 5.58 Å². The first-order chi connectivity index (χ1) is 25.1. The summed E-state index contributed by atoms with van der Waals surface area (Å²) in [5, 5.41) is 4.79. The maximum Gasteiger partial charge on any atom is 0.159 e. The predicted molar refractivity (Wildman–Crippen MR) is 215 cm³/mol. The third kappa shape index (κ3) is 4.69. The van der Waals surface area contributed by atoms with Gasteiger partial charge in [0.1, 0.15) is 5.58 Å². The highest BCUT2D eigenvalue weighted by molar-refractivity contribution is 6.14. The van der Waals surface area contributed by atoms with Gasteiger partial charge in [-0.25, -0.2) is 0 Å². The van der Waals surface area contributed by atoms with Gasteiger partial charge in [0.25, 0.3) is 0 Å². The lowest BCUT2D eigenvalue weighted by Gasteiger charge is -2.31. The maximum atomic E-state index is 7.19. The second-order valence-corrected chi connectivity index (χ2v) is 15.1. The van der Waals surface area contributed by atoms with Gasteiger partial charge in [-0.1, -0.05) is 161 Å². The third-order valence-electron chi connectivity index (χ3n) is 11.9. The average Bonchev–Trinajstić information content (AvgIpc) is 3.68. The van der Waals surface area contributed by atoms with Crippen molar-refractivity contribution in [1.82, 2.24) is 0 Å². The molecular weight excluding hydrogens is 619 g/mol. The Bertz CT molecular complexity index is 2600. The molecule has 2 heteroatoms. The average molecular weight is 660 g/mol. The molecular formula is C49H41NO. The molecule has 248 valence electrons. The SMILES string of the molecule is CC1(C)c2ccccc2-c2ccc(N(c3c(-c4ccccc4)ccc4ccccc34)c3cccc4c3oc3c(C5CCCCC5)cccc34)cc21. The number of fused-ring (bicyclic) bond motifs is 7. The van der Waals surface area contributed by atoms with E-state index in [0.29, 0.717) is 5.92 Å². The molecule has 0 saturated heterocycles. The highest BCUT2D eigenvalue weighted by Crippen LogP contribution is 2.53. The van der Waals surface area contributed by atoms with Crippen molar-refractivity contribution in [3.63, 3.8) is 0 Å². The minimum Gasteiger partial charge on any atom is -0.454 e. The van der Waals surface area contributed by atoms with E-state index in [2.05, 4.69) is 164 Å². The highest BCUT2D eigenvalue weighted by atomic mass is 16.3. The summed E-state index contributed by atoms with van der Waals surface area (Å²) in [4.78, 5) is 2.50. The van der Waals surface area contributed by atoms with Crippen molar-refractivity contribution in [2.45, 2.75) is 57.3 Å². The van der Waals surface area contributed by atoms with E-state index in [9.17, 15) is 0 Å². The summed E-state index contributed by atoms with van der Waals surface area (Å²) in [5.41, 5.74) is 14.3. The van der Waals surface area contributed by atoms with E-state index < -0.39 is 0 Å². The number of nitrogens with zero attached hydrogens (tertiary/aromatic N) is 1. The minimum absolute atomic E-state index is 0.130. The quantitative estimate of drug-likeness (QED) is 0.183. The molecule has 0 N–H and O–H groups in total. The van der Waals surface area contributed by atoms with E-state index in [0.717, 1.165) is 28.2 Å². The summed E-state index contributed by atoms with van der Waals surface area (Å²) in [6.07, 6.45) is 6.39. The van der Waals surface area contributed by atoms with Crippen molar-refractivity contribution >= 4 is 49.8 Å². The molecule has 0 spiro atoms. The number of hydrogen-bond acceptors (Lipinski definition) is 2. The van der Waals surface area contributed by atoms with Crippen LogP contribution in [-0.4, -0.2) is 0 Å². The molecule has 1 heterocycles. The summed E-state index contributed by atoms with van der Waals surface area (Å²) in [5.74, 6) is 0.547. The Balaban J connectivity index is 1.29. The van der Waals surface area contributed by atoms with Gasteiger partial charge in [0.05, 0.1) is 11.4 Å². The normalized spacial score (nSPS) is 15.3. The van der Waals surface area contributed by atoms with Gasteiger partial charge in [-0.15, -0.1) is 0 Å². The molecule has 1 fully saturated rings. The fraction of sp³-hybridized carbons (Fsp3) is 0.184. The molecule has 1 aromatic heterocycles. The summed E-state index contributed by atoms with van der Waals surface area (Å²) in [6.45, 7) is 4.73. The molecule has 0 amide bonds. The predicted octanol–water partition coefficient (Wildman–Crippen LogP) is 14.2. The lowest BCUT2D eigenvalue weighted by molar-refractivity contribution is 0.442. The number of rotatable bonds is 5. The minimum atomic E-state index is -0.130. The molecule has 0 aliphatic heterocycles. The summed E-state index contributed by atoms with van der Waals surface area (Å²) < 4.78 is 7.19. The van der Waals surface area contributed by atoms with Crippen LogP contribution in [-0.2, 0) is 5.41 Å². The Hall–Kier alpha value is -5.60. The molecule has 2 aliphatic carbocycles. The van der Waals surface area contributed by atoms with Gasteiger partial charge < -0.3 is 9.32 Å². The molecule has 1 saturated carbocycles. The van der Waals surface area contributed by atoms with E-state index in [1.165, 1.54) is 92.6 Å². The Morgan fingerprint density at radius 1 is 0.549 bits per heavy atom. The second-order valence-electron chi connectivity index (χ2n) is 15.1. The second kappa shape index (κ2) is 11.7. The van der Waals surface area contributed by atoms with Gasteiger partial charge in [-0.2, -0.15) is 0 Å². The first-order valence-electron chi connectivity index (χ1n) is 18.6. The Morgan fingerprint density at radius 2 is 1.24 bits per heavy atom. The van der Waals surface area contributed by atoms with E-state index in [1.54, 1.807) is 0 Å². The Labute approximate surface area is 300 Å². The van der Waals surface area contributed by atoms with Crippen LogP contribution in [0.1, 0.15) is 68.6 Å². The Morgan fingerprint density at radius 3 is 2.10 bits per heavy atom. The van der Waals surface area contributed by atoms with E-state index in [-0.39, 0.29) is 5.41 Å². The standard InChI is InChI=1S/C49H41NO/c1-49(2)43-25-12-11-21-39(43)40-30-28-35(31-44(40)49)50(46-36-20-10-9-19-34(36)27-29-37(46)32-15-5-3-6-16-32)45-26-14-24-42-41-23-13-22-38(47(41)51-48(42)45)33-17-7-4-8-18-33/h3,5-6,9-16,19-31,33H,4,7-8,17-18H2,1-2H3. The highest BCUT2D eigenvalue weighted by Gasteiger charge is 2.36. The number of hydrogen-bond donors (Lipinski definition) is 0. The van der Waals surface area contributed by atoms with Gasteiger partial charge >= 0.3 is 0 Å². The molecule has 0 bridgehead atoms. The molecule has 7 aromatic carbocycles. The zero-order valence-electron chi connectivity index (χ0n) is 29.3. The van der Waals surface area contributed by atoms with Crippen LogP contribution in [0.15, 0.2) is 150 Å². The molecule has 0 radical (unpaired) electrons. The van der Waals surface area contributed by atoms with Crippen LogP contribution in [0.5, 0.6) is 0 Å². The van der Waals surface area contributed by atoms with Crippen molar-refractivity contribution in [3.8, 4) is 22.3 Å². The maximum absolute atomic E-state index is 7.19. The van der Waals surface area contributed by atoms with Crippen LogP contribution >= 0.6 is 0 Å². The third-order valence-corrected chi connectivity index (χ3v) is 11.9. The molecule has 8 aromatic rings. The smallest absolute Gasteiger partial charge is 0.159 e. The first kappa shape index (κ1) is 30.2. The zero-order chi connectivity index (χ0) is 34.1. The molecule has 51 heavy (non-hydrogen) atoms. The zero-order valence-corrected chi connectivity index (χ0v) is 29.3. The van der Waals surface area contributed by atoms with Gasteiger partial charge in [-0.3, -0.25) is 0 Å². The topological polar surface area (TPSA) is 16.4 Å². The monoisotopic (exact) mass is 659 g/mol. The van der Waals surface area contributed by atoms with Crippen LogP contribution in [0.3, 0.4) is 0 Å². The van der Waals surface area contributed by atoms with Crippen LogP contribution in [0, 0.1) is 0 Å². The van der Waals surface area contributed by atoms with E-state index in [4.69, 9.17) is 4.42 Å². The van der Waals surface area contributed by atoms with E-state index >= 15 is 0 Å². The van der Waals surface area contributed by atoms with Crippen molar-refractivity contribution in [1.29, 1.82) is 0 Å². The van der Waals surface area contributed by atoms with Crippen molar-refractivity contribution in [3.05, 3.63) is 162 Å². The van der Waals surface area contributed by atoms with Crippen molar-refractivity contribution in [2.24, 2.45) is 0 Å². The summed E-state index contributed by atoms with van der Waals surface area (Å²) in [6, 6.07) is 53.8.